The highest BCUT2D eigenvalue weighted by molar-refractivity contribution is 5.47. The van der Waals surface area contributed by atoms with Crippen LogP contribution in [0.3, 0.4) is 0 Å². The molecule has 21 heavy (non-hydrogen) atoms. The molecule has 2 heterocycles. The van der Waals surface area contributed by atoms with Gasteiger partial charge in [-0.15, -0.1) is 0 Å². The van der Waals surface area contributed by atoms with Crippen LogP contribution in [0.15, 0.2) is 12.4 Å². The summed E-state index contributed by atoms with van der Waals surface area (Å²) in [4.78, 5) is 13.3. The highest BCUT2D eigenvalue weighted by Crippen LogP contribution is 2.17. The fraction of sp³-hybridized carbons (Fsp3) is 0.571. The predicted molar refractivity (Wildman–Crippen MR) is 83.2 cm³/mol. The highest BCUT2D eigenvalue weighted by atomic mass is 15.3. The van der Waals surface area contributed by atoms with Crippen LogP contribution >= 0.6 is 0 Å². The van der Waals surface area contributed by atoms with E-state index in [1.165, 1.54) is 0 Å². The quantitative estimate of drug-likeness (QED) is 0.813. The summed E-state index contributed by atoms with van der Waals surface area (Å²) in [5.41, 5.74) is 0. The number of hydrogen-bond acceptors (Lipinski definition) is 6. The molecule has 0 spiro atoms. The summed E-state index contributed by atoms with van der Waals surface area (Å²) in [6, 6.07) is 1.92. The first-order valence-electron chi connectivity index (χ1n) is 7.29. The molecule has 2 aromatic heterocycles. The molecule has 114 valence electrons. The number of rotatable bonds is 7. The normalized spacial score (nSPS) is 10.9. The summed E-state index contributed by atoms with van der Waals surface area (Å²) in [6.07, 6.45) is 2.74. The predicted octanol–water partition coefficient (Wildman–Crippen LogP) is 2.16. The van der Waals surface area contributed by atoms with Crippen LogP contribution in [0.4, 0.5) is 11.6 Å². The highest BCUT2D eigenvalue weighted by Gasteiger charge is 2.08. The van der Waals surface area contributed by atoms with E-state index in [9.17, 15) is 0 Å². The molecule has 0 aliphatic rings. The average Bonchev–Trinajstić information content (AvgIpc) is 2.88. The van der Waals surface area contributed by atoms with Crippen molar-refractivity contribution in [1.82, 2.24) is 24.7 Å². The second-order valence-corrected chi connectivity index (χ2v) is 5.27. The number of aryl methyl sites for hydroxylation is 1. The first-order valence-corrected chi connectivity index (χ1v) is 7.29. The summed E-state index contributed by atoms with van der Waals surface area (Å²) in [7, 11) is 1.85. The number of nitrogens with zero attached hydrogens (tertiary/aromatic N) is 5. The second kappa shape index (κ2) is 7.01. The maximum atomic E-state index is 4.54. The maximum absolute atomic E-state index is 4.54. The van der Waals surface area contributed by atoms with Gasteiger partial charge in [0.1, 0.15) is 23.8 Å². The van der Waals surface area contributed by atoms with Gasteiger partial charge in [0.2, 0.25) is 0 Å². The first-order chi connectivity index (χ1) is 10.1. The van der Waals surface area contributed by atoms with Gasteiger partial charge in [-0.05, 0) is 6.42 Å². The Bertz CT molecular complexity index is 576. The molecule has 0 fully saturated rings. The molecule has 0 saturated heterocycles. The lowest BCUT2D eigenvalue weighted by atomic mass is 10.2. The van der Waals surface area contributed by atoms with Gasteiger partial charge in [0.05, 0.1) is 6.54 Å². The van der Waals surface area contributed by atoms with Crippen LogP contribution < -0.4 is 10.6 Å². The summed E-state index contributed by atoms with van der Waals surface area (Å²) in [6.45, 7) is 7.74. The average molecular weight is 289 g/mol. The molecular weight excluding hydrogens is 266 g/mol. The van der Waals surface area contributed by atoms with Crippen molar-refractivity contribution in [2.45, 2.75) is 39.7 Å². The Hall–Kier alpha value is -2.18. The summed E-state index contributed by atoms with van der Waals surface area (Å²) in [5, 5.41) is 10.8. The summed E-state index contributed by atoms with van der Waals surface area (Å²) < 4.78 is 1.69. The Morgan fingerprint density at radius 3 is 2.48 bits per heavy atom. The topological polar surface area (TPSA) is 80.5 Å². The van der Waals surface area contributed by atoms with E-state index in [-0.39, 0.29) is 5.92 Å². The molecule has 0 aliphatic heterocycles. The number of aromatic nitrogens is 5. The second-order valence-electron chi connectivity index (χ2n) is 5.27. The minimum Gasteiger partial charge on any atom is -0.370 e. The lowest BCUT2D eigenvalue weighted by Crippen LogP contribution is -2.10. The fourth-order valence-corrected chi connectivity index (χ4v) is 1.79. The van der Waals surface area contributed by atoms with E-state index in [0.717, 1.165) is 36.3 Å². The number of nitrogens with one attached hydrogen (secondary N) is 2. The standard InChI is InChI=1S/C14H23N7/c1-5-6-15-11-7-12(19-14(18-11)10(2)3)16-8-13-17-9-21(4)20-13/h7,9-10H,5-6,8H2,1-4H3,(H2,15,16,18,19). The minimum atomic E-state index is 0.280. The van der Waals surface area contributed by atoms with Gasteiger partial charge in [-0.25, -0.2) is 15.0 Å². The van der Waals surface area contributed by atoms with Crippen molar-refractivity contribution in [1.29, 1.82) is 0 Å². The molecule has 0 saturated carbocycles. The van der Waals surface area contributed by atoms with E-state index in [1.807, 2.05) is 13.1 Å². The lowest BCUT2D eigenvalue weighted by molar-refractivity contribution is 0.745. The Balaban J connectivity index is 2.11. The monoisotopic (exact) mass is 289 g/mol. The van der Waals surface area contributed by atoms with Crippen molar-refractivity contribution in [2.75, 3.05) is 17.2 Å². The van der Waals surface area contributed by atoms with Crippen LogP contribution in [0.5, 0.6) is 0 Å². The van der Waals surface area contributed by atoms with Crippen molar-refractivity contribution >= 4 is 11.6 Å². The van der Waals surface area contributed by atoms with Gasteiger partial charge in [-0.2, -0.15) is 5.10 Å². The van der Waals surface area contributed by atoms with Gasteiger partial charge in [-0.3, -0.25) is 4.68 Å². The van der Waals surface area contributed by atoms with Crippen molar-refractivity contribution < 1.29 is 0 Å². The van der Waals surface area contributed by atoms with E-state index in [1.54, 1.807) is 11.0 Å². The van der Waals surface area contributed by atoms with Crippen LogP contribution in [0.1, 0.15) is 44.8 Å². The third-order valence-electron chi connectivity index (χ3n) is 2.89. The van der Waals surface area contributed by atoms with Gasteiger partial charge < -0.3 is 10.6 Å². The Morgan fingerprint density at radius 1 is 1.19 bits per heavy atom. The van der Waals surface area contributed by atoms with Crippen molar-refractivity contribution in [3.8, 4) is 0 Å². The van der Waals surface area contributed by atoms with Crippen LogP contribution in [0.25, 0.3) is 0 Å². The van der Waals surface area contributed by atoms with Gasteiger partial charge in [0.15, 0.2) is 5.82 Å². The molecule has 0 unspecified atom stereocenters. The van der Waals surface area contributed by atoms with Gasteiger partial charge in [0, 0.05) is 25.6 Å². The zero-order valence-corrected chi connectivity index (χ0v) is 13.1. The molecule has 2 aromatic rings. The van der Waals surface area contributed by atoms with Gasteiger partial charge in [0.25, 0.3) is 0 Å². The van der Waals surface area contributed by atoms with Gasteiger partial charge >= 0.3 is 0 Å². The van der Waals surface area contributed by atoms with Crippen molar-refractivity contribution in [3.63, 3.8) is 0 Å². The molecule has 2 N–H and O–H groups in total. The molecule has 0 amide bonds. The van der Waals surface area contributed by atoms with E-state index in [4.69, 9.17) is 0 Å². The lowest BCUT2D eigenvalue weighted by Gasteiger charge is -2.12. The fourth-order valence-electron chi connectivity index (χ4n) is 1.79. The molecule has 7 heteroatoms. The third kappa shape index (κ3) is 4.40. The van der Waals surface area contributed by atoms with Crippen LogP contribution in [0, 0.1) is 0 Å². The first kappa shape index (κ1) is 15.2. The molecule has 0 aliphatic carbocycles. The third-order valence-corrected chi connectivity index (χ3v) is 2.89. The molecule has 0 aromatic carbocycles. The van der Waals surface area contributed by atoms with Crippen LogP contribution in [-0.2, 0) is 13.6 Å². The minimum absolute atomic E-state index is 0.280. The van der Waals surface area contributed by atoms with Crippen LogP contribution in [-0.4, -0.2) is 31.3 Å². The summed E-state index contributed by atoms with van der Waals surface area (Å²) in [5.74, 6) is 3.49. The SMILES string of the molecule is CCCNc1cc(NCc2ncn(C)n2)nc(C(C)C)n1. The smallest absolute Gasteiger partial charge is 0.169 e. The van der Waals surface area contributed by atoms with E-state index < -0.39 is 0 Å². The Kier molecular flexibility index (Phi) is 5.08. The van der Waals surface area contributed by atoms with Crippen molar-refractivity contribution in [2.24, 2.45) is 7.05 Å². The van der Waals surface area contributed by atoms with Crippen molar-refractivity contribution in [3.05, 3.63) is 24.0 Å². The largest absolute Gasteiger partial charge is 0.370 e. The Morgan fingerprint density at radius 2 is 1.90 bits per heavy atom. The molecular formula is C14H23N7. The van der Waals surface area contributed by atoms with Crippen LogP contribution in [0.2, 0.25) is 0 Å². The molecule has 7 nitrogen and oxygen atoms in total. The maximum Gasteiger partial charge on any atom is 0.169 e. The Labute approximate surface area is 125 Å². The molecule has 2 rings (SSSR count). The van der Waals surface area contributed by atoms with E-state index >= 15 is 0 Å². The molecule has 0 bridgehead atoms. The van der Waals surface area contributed by atoms with E-state index in [0.29, 0.717) is 6.54 Å². The number of anilines is 2. The zero-order valence-electron chi connectivity index (χ0n) is 13.1. The molecule has 0 radical (unpaired) electrons. The summed E-state index contributed by atoms with van der Waals surface area (Å²) >= 11 is 0. The van der Waals surface area contributed by atoms with Gasteiger partial charge in [-0.1, -0.05) is 20.8 Å². The van der Waals surface area contributed by atoms with E-state index in [2.05, 4.69) is 51.5 Å². The zero-order chi connectivity index (χ0) is 15.2. The molecule has 0 atom stereocenters. The number of hydrogen-bond donors (Lipinski definition) is 2.